The molecule has 1 aliphatic carbocycles. The number of aliphatic imine (C=N–C) groups is 1. The molecule has 2 aromatic carbocycles. The van der Waals surface area contributed by atoms with E-state index in [1.807, 2.05) is 18.2 Å². The van der Waals surface area contributed by atoms with E-state index in [0.717, 1.165) is 36.4 Å². The van der Waals surface area contributed by atoms with Gasteiger partial charge in [0.05, 0.1) is 19.8 Å². The van der Waals surface area contributed by atoms with Gasteiger partial charge in [0.25, 0.3) is 0 Å². The number of hydrogen-bond donors (Lipinski definition) is 3. The normalized spacial score (nSPS) is 18.5. The van der Waals surface area contributed by atoms with E-state index in [1.54, 1.807) is 0 Å². The van der Waals surface area contributed by atoms with Crippen LogP contribution in [0.15, 0.2) is 53.5 Å². The van der Waals surface area contributed by atoms with E-state index < -0.39 is 0 Å². The lowest BCUT2D eigenvalue weighted by Gasteiger charge is -2.33. The summed E-state index contributed by atoms with van der Waals surface area (Å²) in [6.07, 6.45) is 5.56. The highest BCUT2D eigenvalue weighted by Gasteiger charge is 2.34. The van der Waals surface area contributed by atoms with Gasteiger partial charge in [-0.2, -0.15) is 0 Å². The van der Waals surface area contributed by atoms with Crippen LogP contribution in [0.25, 0.3) is 0 Å². The van der Waals surface area contributed by atoms with Crippen LogP contribution < -0.4 is 25.8 Å². The van der Waals surface area contributed by atoms with Crippen molar-refractivity contribution >= 4 is 35.6 Å². The summed E-state index contributed by atoms with van der Waals surface area (Å²) in [7, 11) is 0. The van der Waals surface area contributed by atoms with Crippen molar-refractivity contribution < 1.29 is 9.47 Å². The number of halogens is 1. The second-order valence-electron chi connectivity index (χ2n) is 8.30. The highest BCUT2D eigenvalue weighted by Crippen LogP contribution is 2.33. The molecule has 2 aliphatic rings. The Morgan fingerprint density at radius 1 is 1.03 bits per heavy atom. The molecule has 0 radical (unpaired) electrons. The Morgan fingerprint density at radius 2 is 1.74 bits per heavy atom. The molecule has 1 heterocycles. The van der Waals surface area contributed by atoms with Crippen LogP contribution >= 0.6 is 24.0 Å². The van der Waals surface area contributed by atoms with E-state index in [2.05, 4.69) is 47.9 Å². The molecule has 6 nitrogen and oxygen atoms in total. The summed E-state index contributed by atoms with van der Waals surface area (Å²) in [6.45, 7) is 4.22. The van der Waals surface area contributed by atoms with Gasteiger partial charge in [-0.1, -0.05) is 43.2 Å². The zero-order valence-corrected chi connectivity index (χ0v) is 20.4. The summed E-state index contributed by atoms with van der Waals surface area (Å²) >= 11 is 0. The maximum Gasteiger partial charge on any atom is 0.193 e. The SMILES string of the molecule is CC(NC1(CN=C(N)Nc2ccc3c(c2)OCCCO3)CCCC1)c1ccccc1.I. The van der Waals surface area contributed by atoms with Crippen LogP contribution in [0.5, 0.6) is 11.5 Å². The van der Waals surface area contributed by atoms with E-state index in [-0.39, 0.29) is 35.6 Å². The maximum absolute atomic E-state index is 6.23. The van der Waals surface area contributed by atoms with Crippen LogP contribution in [0.3, 0.4) is 0 Å². The lowest BCUT2D eigenvalue weighted by atomic mass is 9.95. The molecule has 1 fully saturated rings. The molecule has 1 atom stereocenters. The number of anilines is 1. The predicted molar refractivity (Wildman–Crippen MR) is 137 cm³/mol. The highest BCUT2D eigenvalue weighted by molar-refractivity contribution is 14.0. The number of ether oxygens (including phenoxy) is 2. The molecular formula is C24H33IN4O2. The predicted octanol–water partition coefficient (Wildman–Crippen LogP) is 4.86. The molecule has 4 N–H and O–H groups in total. The number of nitrogens with two attached hydrogens (primary N) is 1. The summed E-state index contributed by atoms with van der Waals surface area (Å²) in [5.74, 6) is 1.94. The molecule has 2 aromatic rings. The smallest absolute Gasteiger partial charge is 0.193 e. The fraction of sp³-hybridized carbons (Fsp3) is 0.458. The lowest BCUT2D eigenvalue weighted by molar-refractivity contribution is 0.297. The lowest BCUT2D eigenvalue weighted by Crippen LogP contribution is -2.47. The summed E-state index contributed by atoms with van der Waals surface area (Å²) in [4.78, 5) is 4.70. The van der Waals surface area contributed by atoms with Gasteiger partial charge < -0.3 is 25.8 Å². The van der Waals surface area contributed by atoms with Gasteiger partial charge in [0.2, 0.25) is 0 Å². The van der Waals surface area contributed by atoms with E-state index in [9.17, 15) is 0 Å². The first-order chi connectivity index (χ1) is 14.6. The summed E-state index contributed by atoms with van der Waals surface area (Å²) in [5.41, 5.74) is 8.37. The first-order valence-corrected chi connectivity index (χ1v) is 10.9. The van der Waals surface area contributed by atoms with E-state index in [1.165, 1.54) is 18.4 Å². The van der Waals surface area contributed by atoms with Gasteiger partial charge in [0.1, 0.15) is 0 Å². The van der Waals surface area contributed by atoms with Crippen LogP contribution in [0.1, 0.15) is 50.6 Å². The minimum absolute atomic E-state index is 0. The maximum atomic E-state index is 6.23. The standard InChI is InChI=1S/C24H32N4O2.HI/c1-18(19-8-3-2-4-9-19)28-24(12-5-6-13-24)17-26-23(25)27-20-10-11-21-22(16-20)30-15-7-14-29-21;/h2-4,8-11,16,18,28H,5-7,12-15,17H2,1H3,(H3,25,26,27);1H. The second kappa shape index (κ2) is 11.0. The number of nitrogens with one attached hydrogen (secondary N) is 2. The van der Waals surface area contributed by atoms with Crippen molar-refractivity contribution in [2.75, 3.05) is 25.1 Å². The highest BCUT2D eigenvalue weighted by atomic mass is 127. The molecular weight excluding hydrogens is 503 g/mol. The Balaban J connectivity index is 0.00000272. The Hall–Kier alpha value is -2.00. The third kappa shape index (κ3) is 6.26. The number of rotatable bonds is 6. The topological polar surface area (TPSA) is 80.9 Å². The van der Waals surface area contributed by atoms with Crippen LogP contribution in [-0.2, 0) is 0 Å². The van der Waals surface area contributed by atoms with Crippen molar-refractivity contribution in [2.45, 2.75) is 50.6 Å². The van der Waals surface area contributed by atoms with Gasteiger partial charge in [-0.05, 0) is 37.5 Å². The van der Waals surface area contributed by atoms with Gasteiger partial charge in [0, 0.05) is 29.8 Å². The minimum atomic E-state index is -0.00766. The van der Waals surface area contributed by atoms with Crippen molar-refractivity contribution in [2.24, 2.45) is 10.7 Å². The molecule has 1 unspecified atom stereocenters. The number of nitrogens with zero attached hydrogens (tertiary/aromatic N) is 1. The van der Waals surface area contributed by atoms with Crippen LogP contribution in [-0.4, -0.2) is 31.3 Å². The van der Waals surface area contributed by atoms with Gasteiger partial charge in [-0.15, -0.1) is 24.0 Å². The van der Waals surface area contributed by atoms with E-state index >= 15 is 0 Å². The molecule has 31 heavy (non-hydrogen) atoms. The van der Waals surface area contributed by atoms with Crippen molar-refractivity contribution in [1.29, 1.82) is 0 Å². The summed E-state index contributed by atoms with van der Waals surface area (Å²) in [6, 6.07) is 16.6. The summed E-state index contributed by atoms with van der Waals surface area (Å²) < 4.78 is 11.4. The Bertz CT molecular complexity index is 869. The zero-order valence-electron chi connectivity index (χ0n) is 18.1. The molecule has 0 saturated heterocycles. The Kier molecular flexibility index (Phi) is 8.43. The van der Waals surface area contributed by atoms with E-state index in [4.69, 9.17) is 20.2 Å². The first-order valence-electron chi connectivity index (χ1n) is 10.9. The third-order valence-electron chi connectivity index (χ3n) is 5.95. The Labute approximate surface area is 202 Å². The molecule has 7 heteroatoms. The third-order valence-corrected chi connectivity index (χ3v) is 5.95. The van der Waals surface area contributed by atoms with Crippen molar-refractivity contribution in [3.05, 3.63) is 54.1 Å². The van der Waals surface area contributed by atoms with Crippen molar-refractivity contribution in [3.63, 3.8) is 0 Å². The quantitative estimate of drug-likeness (QED) is 0.279. The molecule has 168 valence electrons. The molecule has 0 aromatic heterocycles. The van der Waals surface area contributed by atoms with Crippen LogP contribution in [0, 0.1) is 0 Å². The van der Waals surface area contributed by atoms with E-state index in [0.29, 0.717) is 25.7 Å². The van der Waals surface area contributed by atoms with Gasteiger partial charge in [-0.25, -0.2) is 0 Å². The molecule has 1 saturated carbocycles. The minimum Gasteiger partial charge on any atom is -0.490 e. The zero-order chi connectivity index (χ0) is 20.8. The average Bonchev–Trinajstić information content (AvgIpc) is 3.09. The molecule has 1 aliphatic heterocycles. The monoisotopic (exact) mass is 536 g/mol. The molecule has 0 spiro atoms. The van der Waals surface area contributed by atoms with Crippen LogP contribution in [0.2, 0.25) is 0 Å². The molecule has 0 amide bonds. The first kappa shape index (κ1) is 23.7. The summed E-state index contributed by atoms with van der Waals surface area (Å²) in [5, 5.41) is 7.05. The number of guanidine groups is 1. The van der Waals surface area contributed by atoms with Crippen molar-refractivity contribution in [1.82, 2.24) is 5.32 Å². The number of benzene rings is 2. The number of hydrogen-bond acceptors (Lipinski definition) is 4. The second-order valence-corrected chi connectivity index (χ2v) is 8.30. The Morgan fingerprint density at radius 3 is 2.48 bits per heavy atom. The van der Waals surface area contributed by atoms with Crippen molar-refractivity contribution in [3.8, 4) is 11.5 Å². The average molecular weight is 536 g/mol. The van der Waals surface area contributed by atoms with Gasteiger partial charge >= 0.3 is 0 Å². The fourth-order valence-electron chi connectivity index (χ4n) is 4.35. The van der Waals surface area contributed by atoms with Crippen LogP contribution in [0.4, 0.5) is 5.69 Å². The fourth-order valence-corrected chi connectivity index (χ4v) is 4.35. The number of fused-ring (bicyclic) bond motifs is 1. The molecule has 4 rings (SSSR count). The largest absolute Gasteiger partial charge is 0.490 e. The van der Waals surface area contributed by atoms with Gasteiger partial charge in [-0.3, -0.25) is 4.99 Å². The molecule has 0 bridgehead atoms. The van der Waals surface area contributed by atoms with Gasteiger partial charge in [0.15, 0.2) is 17.5 Å².